The van der Waals surface area contributed by atoms with Crippen molar-refractivity contribution in [1.29, 1.82) is 0 Å². The van der Waals surface area contributed by atoms with Crippen molar-refractivity contribution in [2.24, 2.45) is 0 Å². The van der Waals surface area contributed by atoms with Crippen molar-refractivity contribution in [2.45, 2.75) is 51.5 Å². The Kier molecular flexibility index (Phi) is 6.42. The normalized spacial score (nSPS) is 16.6. The fourth-order valence-electron chi connectivity index (χ4n) is 2.86. The lowest BCUT2D eigenvalue weighted by Gasteiger charge is -2.31. The summed E-state index contributed by atoms with van der Waals surface area (Å²) >= 11 is 0. The lowest BCUT2D eigenvalue weighted by Crippen LogP contribution is -2.33. The number of hydrogen-bond acceptors (Lipinski definition) is 3. The highest BCUT2D eigenvalue weighted by Crippen LogP contribution is 2.30. The summed E-state index contributed by atoms with van der Waals surface area (Å²) < 4.78 is 0. The van der Waals surface area contributed by atoms with E-state index in [1.807, 2.05) is 12.1 Å². The number of likely N-dealkylation sites (tertiary alicyclic amines) is 1. The van der Waals surface area contributed by atoms with Crippen molar-refractivity contribution >= 4 is 5.69 Å². The summed E-state index contributed by atoms with van der Waals surface area (Å²) in [5, 5.41) is 11.3. The number of benzene rings is 1. The van der Waals surface area contributed by atoms with Gasteiger partial charge in [0.25, 0.3) is 5.69 Å². The topological polar surface area (TPSA) is 46.4 Å². The van der Waals surface area contributed by atoms with Gasteiger partial charge in [0.15, 0.2) is 0 Å². The first kappa shape index (κ1) is 16.5. The molecule has 1 fully saturated rings. The Morgan fingerprint density at radius 2 is 2.00 bits per heavy atom. The molecule has 118 valence electrons. The van der Waals surface area contributed by atoms with E-state index in [2.05, 4.69) is 23.7 Å². The van der Waals surface area contributed by atoms with E-state index in [1.54, 1.807) is 12.1 Å². The van der Waals surface area contributed by atoms with Gasteiger partial charge in [0.05, 0.1) is 10.5 Å². The molecule has 1 saturated heterocycles. The quantitative estimate of drug-likeness (QED) is 0.352. The summed E-state index contributed by atoms with van der Waals surface area (Å²) in [6, 6.07) is 6.87. The molecule has 0 saturated carbocycles. The standard InChI is InChI=1S/C18H24N2O2/c1-2-3-4-6-12-17(19-14-9-5-10-15-19)16-11-7-8-13-18(16)20(21)22/h7-8,11,13,17H,2-5,9-10,14-15H2,1H3. The van der Waals surface area contributed by atoms with Gasteiger partial charge in [0.1, 0.15) is 6.04 Å². The molecular weight excluding hydrogens is 276 g/mol. The largest absolute Gasteiger partial charge is 0.286 e. The number of rotatable bonds is 5. The van der Waals surface area contributed by atoms with E-state index in [9.17, 15) is 10.1 Å². The number of nitro benzene ring substituents is 1. The Labute approximate surface area is 132 Å². The zero-order valence-electron chi connectivity index (χ0n) is 13.3. The molecule has 0 radical (unpaired) electrons. The van der Waals surface area contributed by atoms with Crippen LogP contribution in [0.15, 0.2) is 24.3 Å². The van der Waals surface area contributed by atoms with Crippen LogP contribution in [0.4, 0.5) is 5.69 Å². The summed E-state index contributed by atoms with van der Waals surface area (Å²) in [4.78, 5) is 13.3. The number of nitrogens with zero attached hydrogens (tertiary/aromatic N) is 2. The molecule has 1 aromatic rings. The summed E-state index contributed by atoms with van der Waals surface area (Å²) in [7, 11) is 0. The minimum atomic E-state index is -0.292. The number of nitro groups is 1. The van der Waals surface area contributed by atoms with Crippen molar-refractivity contribution in [3.8, 4) is 11.8 Å². The van der Waals surface area contributed by atoms with Crippen LogP contribution in [0.25, 0.3) is 0 Å². The molecule has 0 aromatic heterocycles. The smallest absolute Gasteiger partial charge is 0.275 e. The fraction of sp³-hybridized carbons (Fsp3) is 0.556. The maximum atomic E-state index is 11.3. The second kappa shape index (κ2) is 8.55. The number of hydrogen-bond donors (Lipinski definition) is 0. The van der Waals surface area contributed by atoms with Crippen LogP contribution < -0.4 is 0 Å². The van der Waals surface area contributed by atoms with Crippen LogP contribution in [-0.4, -0.2) is 22.9 Å². The van der Waals surface area contributed by atoms with Crippen LogP contribution in [0.2, 0.25) is 0 Å². The summed E-state index contributed by atoms with van der Waals surface area (Å²) in [5.74, 6) is 6.54. The Bertz CT molecular complexity index is 554. The lowest BCUT2D eigenvalue weighted by atomic mass is 10.00. The Morgan fingerprint density at radius 3 is 2.68 bits per heavy atom. The highest BCUT2D eigenvalue weighted by Gasteiger charge is 2.26. The van der Waals surface area contributed by atoms with E-state index in [4.69, 9.17) is 0 Å². The third-order valence-electron chi connectivity index (χ3n) is 4.08. The molecule has 0 aliphatic carbocycles. The number of para-hydroxylation sites is 1. The van der Waals surface area contributed by atoms with E-state index in [0.29, 0.717) is 0 Å². The number of piperidine rings is 1. The maximum Gasteiger partial charge on any atom is 0.275 e. The molecule has 0 spiro atoms. The minimum absolute atomic E-state index is 0.154. The van der Waals surface area contributed by atoms with Crippen molar-refractivity contribution < 1.29 is 4.92 Å². The molecule has 22 heavy (non-hydrogen) atoms. The summed E-state index contributed by atoms with van der Waals surface area (Å²) in [6.45, 7) is 4.09. The molecular formula is C18H24N2O2. The molecule has 0 N–H and O–H groups in total. The lowest BCUT2D eigenvalue weighted by molar-refractivity contribution is -0.385. The second-order valence-electron chi connectivity index (χ2n) is 5.74. The van der Waals surface area contributed by atoms with Gasteiger partial charge in [-0.25, -0.2) is 0 Å². The molecule has 1 aliphatic heterocycles. The molecule has 4 nitrogen and oxygen atoms in total. The zero-order chi connectivity index (χ0) is 15.8. The van der Waals surface area contributed by atoms with E-state index < -0.39 is 0 Å². The minimum Gasteiger partial charge on any atom is -0.286 e. The third-order valence-corrected chi connectivity index (χ3v) is 4.08. The molecule has 1 aromatic carbocycles. The average Bonchev–Trinajstić information content (AvgIpc) is 2.56. The first-order chi connectivity index (χ1) is 10.7. The molecule has 1 atom stereocenters. The Balaban J connectivity index is 2.30. The third kappa shape index (κ3) is 4.32. The van der Waals surface area contributed by atoms with Crippen molar-refractivity contribution in [3.63, 3.8) is 0 Å². The van der Waals surface area contributed by atoms with Crippen LogP contribution in [-0.2, 0) is 0 Å². The molecule has 1 unspecified atom stereocenters. The van der Waals surface area contributed by atoms with Crippen LogP contribution >= 0.6 is 0 Å². The van der Waals surface area contributed by atoms with Gasteiger partial charge in [-0.1, -0.05) is 37.8 Å². The van der Waals surface area contributed by atoms with Gasteiger partial charge in [-0.15, -0.1) is 5.92 Å². The van der Waals surface area contributed by atoms with E-state index >= 15 is 0 Å². The highest BCUT2D eigenvalue weighted by atomic mass is 16.6. The molecule has 0 bridgehead atoms. The van der Waals surface area contributed by atoms with Gasteiger partial charge in [-0.05, 0) is 38.4 Å². The molecule has 0 amide bonds. The monoisotopic (exact) mass is 300 g/mol. The summed E-state index contributed by atoms with van der Waals surface area (Å²) in [6.07, 6.45) is 6.59. The van der Waals surface area contributed by atoms with Gasteiger partial charge in [-0.2, -0.15) is 0 Å². The Morgan fingerprint density at radius 1 is 1.27 bits per heavy atom. The van der Waals surface area contributed by atoms with Gasteiger partial charge in [0.2, 0.25) is 0 Å². The van der Waals surface area contributed by atoms with Gasteiger partial charge in [-0.3, -0.25) is 15.0 Å². The van der Waals surface area contributed by atoms with Crippen LogP contribution in [0.5, 0.6) is 0 Å². The molecule has 2 rings (SSSR count). The molecule has 1 aliphatic rings. The zero-order valence-corrected chi connectivity index (χ0v) is 13.3. The van der Waals surface area contributed by atoms with Gasteiger partial charge < -0.3 is 0 Å². The van der Waals surface area contributed by atoms with Crippen LogP contribution in [0.1, 0.15) is 57.1 Å². The van der Waals surface area contributed by atoms with Crippen molar-refractivity contribution in [2.75, 3.05) is 13.1 Å². The van der Waals surface area contributed by atoms with Gasteiger partial charge in [0, 0.05) is 12.5 Å². The SMILES string of the molecule is CCCCC#CC(c1ccccc1[N+](=O)[O-])N1CCCCC1. The predicted molar refractivity (Wildman–Crippen MR) is 88.6 cm³/mol. The highest BCUT2D eigenvalue weighted by molar-refractivity contribution is 5.45. The van der Waals surface area contributed by atoms with Crippen molar-refractivity contribution in [3.05, 3.63) is 39.9 Å². The molecule has 1 heterocycles. The van der Waals surface area contributed by atoms with Crippen LogP contribution in [0, 0.1) is 22.0 Å². The maximum absolute atomic E-state index is 11.3. The van der Waals surface area contributed by atoms with Crippen molar-refractivity contribution in [1.82, 2.24) is 4.90 Å². The van der Waals surface area contributed by atoms with E-state index in [-0.39, 0.29) is 16.7 Å². The van der Waals surface area contributed by atoms with Crippen LogP contribution in [0.3, 0.4) is 0 Å². The van der Waals surface area contributed by atoms with Gasteiger partial charge >= 0.3 is 0 Å². The first-order valence-corrected chi connectivity index (χ1v) is 8.19. The summed E-state index contributed by atoms with van der Waals surface area (Å²) in [5.41, 5.74) is 0.918. The average molecular weight is 300 g/mol. The Hall–Kier alpha value is -1.86. The van der Waals surface area contributed by atoms with E-state index in [1.165, 1.54) is 6.42 Å². The first-order valence-electron chi connectivity index (χ1n) is 8.19. The second-order valence-corrected chi connectivity index (χ2v) is 5.74. The number of unbranched alkanes of at least 4 members (excludes halogenated alkanes) is 2. The predicted octanol–water partition coefficient (Wildman–Crippen LogP) is 4.32. The fourth-order valence-corrected chi connectivity index (χ4v) is 2.86. The molecule has 4 heteroatoms. The van der Waals surface area contributed by atoms with E-state index in [0.717, 1.165) is 50.8 Å².